The molecular weight excluding hydrogens is 355 g/mol. The van der Waals surface area contributed by atoms with Crippen LogP contribution in [0.1, 0.15) is 10.5 Å². The maximum Gasteiger partial charge on any atom is 0.361 e. The first-order chi connectivity index (χ1) is 11.7. The molecule has 1 heterocycles. The molecule has 2 rings (SSSR count). The molecule has 0 fully saturated rings. The Bertz CT molecular complexity index is 833. The minimum atomic E-state index is -2.38. The van der Waals surface area contributed by atoms with Crippen LogP contribution in [-0.4, -0.2) is 28.5 Å². The summed E-state index contributed by atoms with van der Waals surface area (Å²) in [4.78, 5) is 30.2. The summed E-state index contributed by atoms with van der Waals surface area (Å²) in [6, 6.07) is 0. The molecule has 7 nitrogen and oxygen atoms in total. The summed E-state index contributed by atoms with van der Waals surface area (Å²) < 4.78 is 70.2. The average Bonchev–Trinajstić information content (AvgIpc) is 2.60. The summed E-state index contributed by atoms with van der Waals surface area (Å²) in [6.07, 6.45) is 2.30. The van der Waals surface area contributed by atoms with Crippen molar-refractivity contribution in [3.05, 3.63) is 47.2 Å². The zero-order valence-corrected chi connectivity index (χ0v) is 11.9. The van der Waals surface area contributed by atoms with E-state index in [2.05, 4.69) is 14.7 Å². The number of esters is 1. The zero-order chi connectivity index (χ0) is 18.7. The van der Waals surface area contributed by atoms with Crippen molar-refractivity contribution in [2.24, 2.45) is 0 Å². The Kier molecular flexibility index (Phi) is 5.10. The fourth-order valence-electron chi connectivity index (χ4n) is 1.60. The van der Waals surface area contributed by atoms with Crippen LogP contribution in [-0.2, 0) is 9.53 Å². The Morgan fingerprint density at radius 3 is 2.04 bits per heavy atom. The first-order valence-electron chi connectivity index (χ1n) is 6.29. The quantitative estimate of drug-likeness (QED) is 0.370. The van der Waals surface area contributed by atoms with Gasteiger partial charge in [-0.1, -0.05) is 0 Å². The van der Waals surface area contributed by atoms with Gasteiger partial charge >= 0.3 is 5.97 Å². The number of hydrogen-bond acceptors (Lipinski definition) is 6. The van der Waals surface area contributed by atoms with Crippen LogP contribution in [0.2, 0.25) is 0 Å². The molecule has 0 aliphatic heterocycles. The second-order valence-electron chi connectivity index (χ2n) is 4.36. The molecule has 0 radical (unpaired) electrons. The highest BCUT2D eigenvalue weighted by Gasteiger charge is 2.27. The van der Waals surface area contributed by atoms with Crippen LogP contribution >= 0.6 is 0 Å². The third-order valence-corrected chi connectivity index (χ3v) is 2.73. The minimum absolute atomic E-state index is 0.298. The van der Waals surface area contributed by atoms with E-state index in [9.17, 15) is 31.5 Å². The number of carbonyl (C=O) groups excluding carboxylic acids is 2. The van der Waals surface area contributed by atoms with Crippen LogP contribution in [0, 0.1) is 29.1 Å². The maximum atomic E-state index is 13.4. The Morgan fingerprint density at radius 1 is 0.960 bits per heavy atom. The van der Waals surface area contributed by atoms with E-state index in [-0.39, 0.29) is 5.82 Å². The predicted octanol–water partition coefficient (Wildman–Crippen LogP) is 1.55. The first kappa shape index (κ1) is 18.0. The van der Waals surface area contributed by atoms with Crippen molar-refractivity contribution in [1.29, 1.82) is 0 Å². The molecule has 1 amide bonds. The lowest BCUT2D eigenvalue weighted by molar-refractivity contribution is -0.119. The van der Waals surface area contributed by atoms with E-state index in [1.165, 1.54) is 11.5 Å². The van der Waals surface area contributed by atoms with Crippen molar-refractivity contribution in [2.45, 2.75) is 0 Å². The van der Waals surface area contributed by atoms with Crippen LogP contribution < -0.4 is 11.1 Å². The van der Waals surface area contributed by atoms with Crippen molar-refractivity contribution in [2.75, 3.05) is 17.7 Å². The summed E-state index contributed by atoms with van der Waals surface area (Å²) in [6.45, 7) is -1.10. The van der Waals surface area contributed by atoms with Crippen molar-refractivity contribution in [3.63, 3.8) is 0 Å². The molecule has 0 unspecified atom stereocenters. The Hall–Kier alpha value is -3.31. The van der Waals surface area contributed by atoms with Gasteiger partial charge in [0, 0.05) is 12.4 Å². The summed E-state index contributed by atoms with van der Waals surface area (Å²) in [5.74, 6) is -14.2. The van der Waals surface area contributed by atoms with Gasteiger partial charge in [0.2, 0.25) is 5.82 Å². The topological polar surface area (TPSA) is 107 Å². The third kappa shape index (κ3) is 3.62. The number of amides is 1. The van der Waals surface area contributed by atoms with Gasteiger partial charge in [-0.2, -0.15) is 0 Å². The van der Waals surface area contributed by atoms with Gasteiger partial charge in [-0.05, 0) is 0 Å². The number of halogens is 5. The number of aromatic nitrogens is 2. The second kappa shape index (κ2) is 7.07. The molecule has 0 bridgehead atoms. The fourth-order valence-corrected chi connectivity index (χ4v) is 1.60. The van der Waals surface area contributed by atoms with Gasteiger partial charge in [0.1, 0.15) is 5.69 Å². The number of nitrogens with one attached hydrogen (secondary N) is 1. The van der Waals surface area contributed by atoms with E-state index in [4.69, 9.17) is 5.73 Å². The number of rotatable bonds is 4. The fraction of sp³-hybridized carbons (Fsp3) is 0.0769. The molecule has 1 aromatic carbocycles. The van der Waals surface area contributed by atoms with E-state index in [0.29, 0.717) is 0 Å². The summed E-state index contributed by atoms with van der Waals surface area (Å²) in [5.41, 5.74) is 3.35. The van der Waals surface area contributed by atoms with E-state index in [1.54, 1.807) is 0 Å². The van der Waals surface area contributed by atoms with Crippen LogP contribution in [0.5, 0.6) is 0 Å². The monoisotopic (exact) mass is 362 g/mol. The van der Waals surface area contributed by atoms with E-state index in [0.717, 1.165) is 6.20 Å². The number of nitrogens with two attached hydrogens (primary N) is 1. The lowest BCUT2D eigenvalue weighted by Crippen LogP contribution is -2.24. The highest BCUT2D eigenvalue weighted by Crippen LogP contribution is 2.27. The number of nitrogens with zero attached hydrogens (tertiary/aromatic N) is 2. The molecule has 0 aliphatic rings. The van der Waals surface area contributed by atoms with Gasteiger partial charge in [-0.15, -0.1) is 0 Å². The van der Waals surface area contributed by atoms with Crippen LogP contribution in [0.3, 0.4) is 0 Å². The Labute approximate surface area is 135 Å². The number of nitrogen functional groups attached to an aromatic ring is 1. The smallest absolute Gasteiger partial charge is 0.361 e. The largest absolute Gasteiger partial charge is 0.451 e. The molecule has 1 aromatic heterocycles. The van der Waals surface area contributed by atoms with Crippen LogP contribution in [0.4, 0.5) is 33.5 Å². The standard InChI is InChI=1S/C13H7F5N4O3/c14-5-6(15)8(17)10(9(18)7(5)16)22-4(23)3-25-13(24)11-12(19)21-2-1-20-11/h1-2H,3H2,(H2,19,21)(H,22,23). The molecular formula is C13H7F5N4O3. The van der Waals surface area contributed by atoms with Gasteiger partial charge in [0.15, 0.2) is 41.4 Å². The summed E-state index contributed by atoms with van der Waals surface area (Å²) in [5, 5.41) is 1.43. The molecule has 0 saturated carbocycles. The van der Waals surface area contributed by atoms with Gasteiger partial charge < -0.3 is 15.8 Å². The molecule has 25 heavy (non-hydrogen) atoms. The maximum absolute atomic E-state index is 13.4. The van der Waals surface area contributed by atoms with Gasteiger partial charge in [0.25, 0.3) is 5.91 Å². The SMILES string of the molecule is Nc1nccnc1C(=O)OCC(=O)Nc1c(F)c(F)c(F)c(F)c1F. The molecule has 2 aromatic rings. The summed E-state index contributed by atoms with van der Waals surface area (Å²) >= 11 is 0. The number of ether oxygens (including phenoxy) is 1. The first-order valence-corrected chi connectivity index (χ1v) is 6.29. The van der Waals surface area contributed by atoms with Gasteiger partial charge in [0.05, 0.1) is 0 Å². The Balaban J connectivity index is 2.09. The number of hydrogen-bond donors (Lipinski definition) is 2. The van der Waals surface area contributed by atoms with Crippen LogP contribution in [0.15, 0.2) is 12.4 Å². The summed E-state index contributed by atoms with van der Waals surface area (Å²) in [7, 11) is 0. The lowest BCUT2D eigenvalue weighted by atomic mass is 10.2. The van der Waals surface area contributed by atoms with Crippen molar-refractivity contribution >= 4 is 23.4 Å². The number of carbonyl (C=O) groups is 2. The van der Waals surface area contributed by atoms with Crippen molar-refractivity contribution < 1.29 is 36.3 Å². The highest BCUT2D eigenvalue weighted by molar-refractivity contribution is 5.96. The molecule has 0 atom stereocenters. The number of anilines is 2. The molecule has 0 aliphatic carbocycles. The molecule has 12 heteroatoms. The molecule has 0 spiro atoms. The highest BCUT2D eigenvalue weighted by atomic mass is 19.2. The molecule has 3 N–H and O–H groups in total. The van der Waals surface area contributed by atoms with Crippen molar-refractivity contribution in [1.82, 2.24) is 9.97 Å². The third-order valence-electron chi connectivity index (χ3n) is 2.73. The Morgan fingerprint density at radius 2 is 1.48 bits per heavy atom. The molecule has 0 saturated heterocycles. The number of benzene rings is 1. The van der Waals surface area contributed by atoms with Gasteiger partial charge in [-0.3, -0.25) is 4.79 Å². The minimum Gasteiger partial charge on any atom is -0.451 e. The zero-order valence-electron chi connectivity index (χ0n) is 11.9. The molecule has 132 valence electrons. The van der Waals surface area contributed by atoms with Gasteiger partial charge in [-0.25, -0.2) is 36.7 Å². The predicted molar refractivity (Wildman–Crippen MR) is 71.6 cm³/mol. The van der Waals surface area contributed by atoms with E-state index >= 15 is 0 Å². The second-order valence-corrected chi connectivity index (χ2v) is 4.36. The lowest BCUT2D eigenvalue weighted by Gasteiger charge is -2.10. The average molecular weight is 362 g/mol. The van der Waals surface area contributed by atoms with E-state index in [1.807, 2.05) is 0 Å². The van der Waals surface area contributed by atoms with Crippen LogP contribution in [0.25, 0.3) is 0 Å². The van der Waals surface area contributed by atoms with E-state index < -0.39 is 59.0 Å². The van der Waals surface area contributed by atoms with Crippen molar-refractivity contribution in [3.8, 4) is 0 Å². The normalized spacial score (nSPS) is 10.4.